The van der Waals surface area contributed by atoms with Crippen LogP contribution in [0.4, 0.5) is 30.7 Å². The van der Waals surface area contributed by atoms with Crippen molar-refractivity contribution in [1.82, 2.24) is 10.2 Å². The summed E-state index contributed by atoms with van der Waals surface area (Å²) in [6.45, 7) is 0. The van der Waals surface area contributed by atoms with Gasteiger partial charge in [-0.3, -0.25) is 9.89 Å². The molecule has 0 radical (unpaired) electrons. The molecule has 0 amide bonds. The lowest BCUT2D eigenvalue weighted by atomic mass is 9.81. The van der Waals surface area contributed by atoms with E-state index in [1.807, 2.05) is 0 Å². The maximum absolute atomic E-state index is 13.7. The van der Waals surface area contributed by atoms with Crippen LogP contribution in [-0.2, 0) is 5.67 Å². The van der Waals surface area contributed by atoms with Crippen molar-refractivity contribution in [1.29, 1.82) is 0 Å². The molecule has 0 saturated heterocycles. The number of rotatable bonds is 3. The van der Waals surface area contributed by atoms with Crippen molar-refractivity contribution < 1.29 is 35.5 Å². The third kappa shape index (κ3) is 2.40. The number of halogens is 7. The highest BCUT2D eigenvalue weighted by molar-refractivity contribution is 5.96. The highest BCUT2D eigenvalue weighted by Gasteiger charge is 2.74. The Kier molecular flexibility index (Phi) is 3.53. The smallest absolute Gasteiger partial charge is 0.292 e. The van der Waals surface area contributed by atoms with E-state index in [-0.39, 0.29) is 6.07 Å². The van der Waals surface area contributed by atoms with Crippen molar-refractivity contribution in [3.05, 3.63) is 17.5 Å². The molecule has 3 nitrogen and oxygen atoms in total. The molecule has 1 aliphatic carbocycles. The normalized spacial score (nSPS) is 17.7. The van der Waals surface area contributed by atoms with E-state index in [1.54, 1.807) is 0 Å². The lowest BCUT2D eigenvalue weighted by molar-refractivity contribution is -0.350. The van der Waals surface area contributed by atoms with Crippen LogP contribution in [0.2, 0.25) is 0 Å². The van der Waals surface area contributed by atoms with Gasteiger partial charge in [0.25, 0.3) is 0 Å². The fraction of sp³-hybridized carbons (Fsp3) is 0.636. The second kappa shape index (κ2) is 4.70. The van der Waals surface area contributed by atoms with E-state index in [9.17, 15) is 35.5 Å². The predicted molar refractivity (Wildman–Crippen MR) is 55.2 cm³/mol. The number of carbonyl (C=O) groups excluding carboxylic acids is 1. The van der Waals surface area contributed by atoms with Crippen molar-refractivity contribution in [3.8, 4) is 0 Å². The zero-order valence-electron chi connectivity index (χ0n) is 10.3. The first kappa shape index (κ1) is 15.8. The van der Waals surface area contributed by atoms with E-state index in [2.05, 4.69) is 5.10 Å². The molecular formula is C11H9F7N2O. The number of hydrogen-bond acceptors (Lipinski definition) is 2. The predicted octanol–water partition coefficient (Wildman–Crippen LogP) is 3.68. The average Bonchev–Trinajstić information content (AvgIpc) is 2.71. The Bertz CT molecular complexity index is 528. The summed E-state index contributed by atoms with van der Waals surface area (Å²) >= 11 is 0. The van der Waals surface area contributed by atoms with E-state index in [0.717, 1.165) is 6.42 Å². The van der Waals surface area contributed by atoms with Crippen molar-refractivity contribution in [2.24, 2.45) is 5.92 Å². The number of alkyl halides is 7. The maximum atomic E-state index is 13.7. The quantitative estimate of drug-likeness (QED) is 0.682. The van der Waals surface area contributed by atoms with Gasteiger partial charge in [0.1, 0.15) is 5.69 Å². The highest BCUT2D eigenvalue weighted by Crippen LogP contribution is 2.52. The molecule has 1 saturated carbocycles. The molecule has 1 N–H and O–H groups in total. The zero-order valence-corrected chi connectivity index (χ0v) is 10.3. The van der Waals surface area contributed by atoms with Gasteiger partial charge in [-0.2, -0.15) is 31.4 Å². The van der Waals surface area contributed by atoms with Crippen LogP contribution in [0, 0.1) is 5.92 Å². The van der Waals surface area contributed by atoms with Gasteiger partial charge in [-0.15, -0.1) is 0 Å². The third-order valence-electron chi connectivity index (χ3n) is 3.46. The van der Waals surface area contributed by atoms with Gasteiger partial charge in [0, 0.05) is 5.92 Å². The van der Waals surface area contributed by atoms with Gasteiger partial charge < -0.3 is 0 Å². The molecule has 1 aromatic rings. The Morgan fingerprint density at radius 2 is 1.62 bits per heavy atom. The number of aromatic amines is 1. The first-order valence-corrected chi connectivity index (χ1v) is 5.91. The fourth-order valence-electron chi connectivity index (χ4n) is 1.97. The van der Waals surface area contributed by atoms with Crippen LogP contribution in [0.15, 0.2) is 6.07 Å². The molecular weight excluding hydrogens is 309 g/mol. The summed E-state index contributed by atoms with van der Waals surface area (Å²) in [6.07, 6.45) is -10.7. The first-order chi connectivity index (χ1) is 9.48. The van der Waals surface area contributed by atoms with E-state index in [0.29, 0.717) is 12.8 Å². The second-order valence-electron chi connectivity index (χ2n) is 4.81. The zero-order chi connectivity index (χ0) is 16.1. The molecule has 1 aromatic heterocycles. The summed E-state index contributed by atoms with van der Waals surface area (Å²) in [4.78, 5) is 11.7. The number of aromatic nitrogens is 2. The largest absolute Gasteiger partial charge is 0.437 e. The van der Waals surface area contributed by atoms with E-state index in [1.165, 1.54) is 5.10 Å². The molecule has 0 atom stereocenters. The van der Waals surface area contributed by atoms with E-state index in [4.69, 9.17) is 0 Å². The van der Waals surface area contributed by atoms with Gasteiger partial charge in [-0.1, -0.05) is 6.42 Å². The van der Waals surface area contributed by atoms with Crippen LogP contribution in [0.5, 0.6) is 0 Å². The number of hydrogen-bond donors (Lipinski definition) is 1. The Labute approximate surface area is 113 Å². The molecule has 21 heavy (non-hydrogen) atoms. The SMILES string of the molecule is O=C(c1cc(C(F)(C(F)(F)F)C(F)(F)F)[nH]n1)C1CCC1. The van der Waals surface area contributed by atoms with Crippen molar-refractivity contribution >= 4 is 5.78 Å². The Balaban J connectivity index is 2.39. The number of H-pyrrole nitrogens is 1. The lowest BCUT2D eigenvalue weighted by Gasteiger charge is -2.28. The van der Waals surface area contributed by atoms with Gasteiger partial charge >= 0.3 is 18.0 Å². The molecule has 0 unspecified atom stereocenters. The standard InChI is InChI=1S/C11H9F7N2O/c12-9(10(13,14)15,11(16,17)18)7-4-6(19-20-7)8(21)5-2-1-3-5/h4-5H,1-3H2,(H,19,20). The molecule has 1 heterocycles. The van der Waals surface area contributed by atoms with Crippen LogP contribution in [0.25, 0.3) is 0 Å². The van der Waals surface area contributed by atoms with Crippen molar-refractivity contribution in [2.75, 3.05) is 0 Å². The molecule has 1 aliphatic rings. The van der Waals surface area contributed by atoms with Gasteiger partial charge in [0.05, 0.1) is 5.69 Å². The molecule has 10 heteroatoms. The molecule has 0 bridgehead atoms. The molecule has 0 aromatic carbocycles. The number of ketones is 1. The third-order valence-corrected chi connectivity index (χ3v) is 3.46. The highest BCUT2D eigenvalue weighted by atomic mass is 19.4. The van der Waals surface area contributed by atoms with E-state index < -0.39 is 41.1 Å². The lowest BCUT2D eigenvalue weighted by Crippen LogP contribution is -2.50. The first-order valence-electron chi connectivity index (χ1n) is 5.91. The maximum Gasteiger partial charge on any atom is 0.437 e. The van der Waals surface area contributed by atoms with Crippen LogP contribution in [0.1, 0.15) is 35.4 Å². The summed E-state index contributed by atoms with van der Waals surface area (Å²) in [6, 6.07) is 0.182. The van der Waals surface area contributed by atoms with Crippen LogP contribution < -0.4 is 0 Å². The van der Waals surface area contributed by atoms with Crippen LogP contribution >= 0.6 is 0 Å². The van der Waals surface area contributed by atoms with Crippen LogP contribution in [-0.4, -0.2) is 28.3 Å². The number of nitrogens with zero attached hydrogens (tertiary/aromatic N) is 1. The number of carbonyl (C=O) groups is 1. The van der Waals surface area contributed by atoms with Crippen molar-refractivity contribution in [2.45, 2.75) is 37.3 Å². The minimum absolute atomic E-state index is 0.182. The Morgan fingerprint density at radius 3 is 2.00 bits per heavy atom. The Morgan fingerprint density at radius 1 is 1.10 bits per heavy atom. The summed E-state index contributed by atoms with van der Waals surface area (Å²) < 4.78 is 88.7. The van der Waals surface area contributed by atoms with Gasteiger partial charge in [0.2, 0.25) is 0 Å². The number of Topliss-reactive ketones (excluding diaryl/α,β-unsaturated/α-hetero) is 1. The Hall–Kier alpha value is -1.61. The molecule has 0 spiro atoms. The van der Waals surface area contributed by atoms with Crippen molar-refractivity contribution in [3.63, 3.8) is 0 Å². The molecule has 1 fully saturated rings. The minimum Gasteiger partial charge on any atom is -0.292 e. The molecule has 118 valence electrons. The number of nitrogens with one attached hydrogen (secondary N) is 1. The minimum atomic E-state index is -6.23. The monoisotopic (exact) mass is 318 g/mol. The summed E-state index contributed by atoms with van der Waals surface area (Å²) in [5.41, 5.74) is -8.05. The van der Waals surface area contributed by atoms with E-state index >= 15 is 0 Å². The molecule has 0 aliphatic heterocycles. The topological polar surface area (TPSA) is 45.8 Å². The van der Waals surface area contributed by atoms with Gasteiger partial charge in [-0.05, 0) is 18.9 Å². The summed E-state index contributed by atoms with van der Waals surface area (Å²) in [7, 11) is 0. The molecule has 2 rings (SSSR count). The van der Waals surface area contributed by atoms with Crippen LogP contribution in [0.3, 0.4) is 0 Å². The summed E-state index contributed by atoms with van der Waals surface area (Å²) in [5, 5.41) is 4.46. The van der Waals surface area contributed by atoms with Gasteiger partial charge in [0.15, 0.2) is 5.78 Å². The average molecular weight is 318 g/mol. The fourth-order valence-corrected chi connectivity index (χ4v) is 1.97. The summed E-state index contributed by atoms with van der Waals surface area (Å²) in [5.74, 6) is -1.16. The van der Waals surface area contributed by atoms with Gasteiger partial charge in [-0.25, -0.2) is 4.39 Å². The second-order valence-corrected chi connectivity index (χ2v) is 4.81.